The topological polar surface area (TPSA) is 90.7 Å². The van der Waals surface area contributed by atoms with Crippen molar-refractivity contribution < 1.29 is 23.6 Å². The maximum Gasteiger partial charge on any atom is 0.376 e. The molecule has 26 heavy (non-hydrogen) atoms. The number of carbonyl (C=O) groups excluding carboxylic acids is 2. The Morgan fingerprint density at radius 3 is 2.42 bits per heavy atom. The van der Waals surface area contributed by atoms with Crippen molar-refractivity contribution in [1.29, 1.82) is 0 Å². The number of hydrogen-bond acceptors (Lipinski definition) is 6. The molecule has 1 N–H and O–H groups in total. The van der Waals surface area contributed by atoms with Crippen LogP contribution in [0.4, 0.5) is 0 Å². The number of hydrogen-bond donors (Lipinski definition) is 1. The Morgan fingerprint density at radius 1 is 1.19 bits per heavy atom. The summed E-state index contributed by atoms with van der Waals surface area (Å²) in [6.45, 7) is 5.38. The Morgan fingerprint density at radius 2 is 1.85 bits per heavy atom. The second kappa shape index (κ2) is 7.86. The van der Waals surface area contributed by atoms with Gasteiger partial charge in [0.25, 0.3) is 0 Å². The summed E-state index contributed by atoms with van der Waals surface area (Å²) >= 11 is 0. The second-order valence-electron chi connectivity index (χ2n) is 6.24. The number of benzene rings is 1. The van der Waals surface area contributed by atoms with Crippen LogP contribution in [0.25, 0.3) is 5.57 Å². The highest BCUT2D eigenvalue weighted by molar-refractivity contribution is 5.95. The molecule has 0 bridgehead atoms. The molecule has 0 saturated heterocycles. The first-order chi connectivity index (χ1) is 12.3. The summed E-state index contributed by atoms with van der Waals surface area (Å²) in [7, 11) is 2.85. The zero-order valence-corrected chi connectivity index (χ0v) is 15.5. The fourth-order valence-corrected chi connectivity index (χ4v) is 2.31. The maximum atomic E-state index is 12.4. The number of carbonyl (C=O) groups is 2. The van der Waals surface area contributed by atoms with Gasteiger partial charge in [-0.3, -0.25) is 4.79 Å². The van der Waals surface area contributed by atoms with E-state index in [1.807, 2.05) is 31.2 Å². The van der Waals surface area contributed by atoms with Crippen LogP contribution >= 0.6 is 0 Å². The number of amides is 1. The van der Waals surface area contributed by atoms with E-state index in [-0.39, 0.29) is 11.7 Å². The van der Waals surface area contributed by atoms with E-state index in [9.17, 15) is 9.59 Å². The van der Waals surface area contributed by atoms with E-state index in [0.717, 1.165) is 16.9 Å². The lowest BCUT2D eigenvalue weighted by Crippen LogP contribution is -2.40. The summed E-state index contributed by atoms with van der Waals surface area (Å²) in [5, 5.41) is 6.69. The number of allylic oxidation sites excluding steroid dienone is 1. The van der Waals surface area contributed by atoms with Crippen molar-refractivity contribution in [2.24, 2.45) is 0 Å². The fraction of sp³-hybridized carbons (Fsp3) is 0.316. The molecule has 0 spiro atoms. The third-order valence-corrected chi connectivity index (χ3v) is 3.87. The average molecular weight is 358 g/mol. The molecule has 7 heteroatoms. The normalized spacial score (nSPS) is 11.8. The van der Waals surface area contributed by atoms with E-state index in [2.05, 4.69) is 15.2 Å². The van der Waals surface area contributed by atoms with Crippen molar-refractivity contribution in [2.45, 2.75) is 26.3 Å². The molecular formula is C19H22N2O5. The predicted molar refractivity (Wildman–Crippen MR) is 95.7 cm³/mol. The fourth-order valence-electron chi connectivity index (χ4n) is 2.31. The standard InChI is InChI=1S/C19H22N2O5/c1-12(13-6-8-14(24-4)9-7-13)10-17(22)20-19(2,3)16-11-15(26-21-16)18(23)25-5/h6-11H,1-5H3,(H,20,22)/b12-10+. The molecule has 7 nitrogen and oxygen atoms in total. The minimum absolute atomic E-state index is 0.0187. The molecule has 0 radical (unpaired) electrons. The van der Waals surface area contributed by atoms with E-state index < -0.39 is 11.5 Å². The molecule has 0 unspecified atom stereocenters. The molecule has 0 aliphatic heterocycles. The summed E-state index contributed by atoms with van der Waals surface area (Å²) in [5.74, 6) is -0.179. The number of rotatable bonds is 6. The molecule has 0 aliphatic rings. The molecular weight excluding hydrogens is 336 g/mol. The number of esters is 1. The molecule has 2 rings (SSSR count). The van der Waals surface area contributed by atoms with Crippen molar-refractivity contribution in [2.75, 3.05) is 14.2 Å². The molecule has 0 saturated carbocycles. The Bertz CT molecular complexity index is 819. The SMILES string of the molecule is COC(=O)c1cc(C(C)(C)NC(=O)/C=C(\C)c2ccc(OC)cc2)no1. The smallest absolute Gasteiger partial charge is 0.376 e. The van der Waals surface area contributed by atoms with Crippen LogP contribution in [0.15, 0.2) is 40.9 Å². The first-order valence-corrected chi connectivity index (χ1v) is 7.97. The third kappa shape index (κ3) is 4.50. The lowest BCUT2D eigenvalue weighted by Gasteiger charge is -2.22. The van der Waals surface area contributed by atoms with E-state index in [4.69, 9.17) is 9.26 Å². The van der Waals surface area contributed by atoms with Crippen LogP contribution in [0.5, 0.6) is 5.75 Å². The molecule has 1 amide bonds. The summed E-state index contributed by atoms with van der Waals surface area (Å²) in [4.78, 5) is 23.8. The molecule has 1 aromatic carbocycles. The number of methoxy groups -OCH3 is 2. The lowest BCUT2D eigenvalue weighted by molar-refractivity contribution is -0.118. The van der Waals surface area contributed by atoms with Gasteiger partial charge in [-0.05, 0) is 44.0 Å². The van der Waals surface area contributed by atoms with Crippen LogP contribution in [0.1, 0.15) is 42.6 Å². The van der Waals surface area contributed by atoms with Gasteiger partial charge in [-0.25, -0.2) is 4.79 Å². The van der Waals surface area contributed by atoms with Gasteiger partial charge in [0.2, 0.25) is 11.7 Å². The Hall–Kier alpha value is -3.09. The summed E-state index contributed by atoms with van der Waals surface area (Å²) in [6.07, 6.45) is 1.50. The predicted octanol–water partition coefficient (Wildman–Crippen LogP) is 2.92. The zero-order valence-electron chi connectivity index (χ0n) is 15.5. The number of aromatic nitrogens is 1. The Kier molecular flexibility index (Phi) is 5.82. The zero-order chi connectivity index (χ0) is 19.3. The largest absolute Gasteiger partial charge is 0.497 e. The van der Waals surface area contributed by atoms with Gasteiger partial charge in [0.05, 0.1) is 19.8 Å². The molecule has 0 atom stereocenters. The molecule has 1 aromatic heterocycles. The Balaban J connectivity index is 2.11. The van der Waals surface area contributed by atoms with Crippen LogP contribution in [0.3, 0.4) is 0 Å². The molecule has 138 valence electrons. The van der Waals surface area contributed by atoms with Gasteiger partial charge < -0.3 is 19.3 Å². The highest BCUT2D eigenvalue weighted by Gasteiger charge is 2.28. The van der Waals surface area contributed by atoms with Gasteiger partial charge in [0.1, 0.15) is 11.4 Å². The first-order valence-electron chi connectivity index (χ1n) is 7.97. The van der Waals surface area contributed by atoms with Crippen LogP contribution in [-0.2, 0) is 15.1 Å². The van der Waals surface area contributed by atoms with Gasteiger partial charge in [-0.1, -0.05) is 17.3 Å². The minimum atomic E-state index is -0.830. The second-order valence-corrected chi connectivity index (χ2v) is 6.24. The Labute approximate surface area is 152 Å². The van der Waals surface area contributed by atoms with Gasteiger partial charge in [0.15, 0.2) is 0 Å². The minimum Gasteiger partial charge on any atom is -0.497 e. The number of nitrogens with zero attached hydrogens (tertiary/aromatic N) is 1. The highest BCUT2D eigenvalue weighted by Crippen LogP contribution is 2.21. The molecule has 2 aromatic rings. The highest BCUT2D eigenvalue weighted by atomic mass is 16.5. The third-order valence-electron chi connectivity index (χ3n) is 3.87. The summed E-state index contributed by atoms with van der Waals surface area (Å²) < 4.78 is 14.7. The quantitative estimate of drug-likeness (QED) is 0.631. The summed E-state index contributed by atoms with van der Waals surface area (Å²) in [6, 6.07) is 8.87. The van der Waals surface area contributed by atoms with Crippen LogP contribution in [-0.4, -0.2) is 31.3 Å². The van der Waals surface area contributed by atoms with Crippen LogP contribution in [0, 0.1) is 0 Å². The monoisotopic (exact) mass is 358 g/mol. The van der Waals surface area contributed by atoms with E-state index >= 15 is 0 Å². The average Bonchev–Trinajstić information content (AvgIpc) is 3.11. The van der Waals surface area contributed by atoms with Crippen LogP contribution < -0.4 is 10.1 Å². The van der Waals surface area contributed by atoms with Crippen molar-refractivity contribution in [1.82, 2.24) is 10.5 Å². The maximum absolute atomic E-state index is 12.4. The lowest BCUT2D eigenvalue weighted by atomic mass is 10.00. The van der Waals surface area contributed by atoms with Gasteiger partial charge >= 0.3 is 5.97 Å². The first kappa shape index (κ1) is 19.2. The van der Waals surface area contributed by atoms with Crippen molar-refractivity contribution in [3.8, 4) is 5.75 Å². The summed E-state index contributed by atoms with van der Waals surface area (Å²) in [5.41, 5.74) is 1.30. The van der Waals surface area contributed by atoms with Crippen molar-refractivity contribution >= 4 is 17.4 Å². The van der Waals surface area contributed by atoms with Crippen LogP contribution in [0.2, 0.25) is 0 Å². The van der Waals surface area contributed by atoms with Crippen molar-refractivity contribution in [3.63, 3.8) is 0 Å². The number of nitrogens with one attached hydrogen (secondary N) is 1. The van der Waals surface area contributed by atoms with Gasteiger partial charge in [0, 0.05) is 12.1 Å². The molecule has 0 aliphatic carbocycles. The van der Waals surface area contributed by atoms with Crippen molar-refractivity contribution in [3.05, 3.63) is 53.4 Å². The molecule has 0 fully saturated rings. The van der Waals surface area contributed by atoms with E-state index in [0.29, 0.717) is 5.69 Å². The number of ether oxygens (including phenoxy) is 2. The molecule has 1 heterocycles. The van der Waals surface area contributed by atoms with E-state index in [1.54, 1.807) is 21.0 Å². The van der Waals surface area contributed by atoms with Gasteiger partial charge in [-0.15, -0.1) is 0 Å². The van der Waals surface area contributed by atoms with Gasteiger partial charge in [-0.2, -0.15) is 0 Å². The van der Waals surface area contributed by atoms with E-state index in [1.165, 1.54) is 19.3 Å².